The first-order valence-electron chi connectivity index (χ1n) is 5.32. The van der Waals surface area contributed by atoms with Crippen molar-refractivity contribution in [1.82, 2.24) is 5.32 Å². The van der Waals surface area contributed by atoms with Gasteiger partial charge in [-0.15, -0.1) is 0 Å². The minimum Gasteiger partial charge on any atom is -0.313 e. The molecule has 2 rings (SSSR count). The van der Waals surface area contributed by atoms with Crippen LogP contribution in [0.2, 0.25) is 0 Å². The van der Waals surface area contributed by atoms with Crippen molar-refractivity contribution in [3.63, 3.8) is 0 Å². The summed E-state index contributed by atoms with van der Waals surface area (Å²) in [4.78, 5) is 0. The van der Waals surface area contributed by atoms with Crippen molar-refractivity contribution >= 4 is 0 Å². The summed E-state index contributed by atoms with van der Waals surface area (Å²) in [6.45, 7) is 8.47. The maximum atomic E-state index is 3.64. The van der Waals surface area contributed by atoms with Gasteiger partial charge in [-0.1, -0.05) is 20.8 Å². The average molecular weight is 167 g/mol. The van der Waals surface area contributed by atoms with Gasteiger partial charge in [-0.25, -0.2) is 0 Å². The molecular weight excluding hydrogens is 146 g/mol. The standard InChI is InChI=1S/C11H21N/c1-8(2)9-4-10-6-11(3,5-9)7-12-10/h8-10,12H,4-7H2,1-3H3. The third-order valence-corrected chi connectivity index (χ3v) is 3.84. The summed E-state index contributed by atoms with van der Waals surface area (Å²) in [5, 5.41) is 3.64. The maximum absolute atomic E-state index is 3.64. The lowest BCUT2D eigenvalue weighted by atomic mass is 9.69. The molecule has 1 heteroatoms. The van der Waals surface area contributed by atoms with Crippen molar-refractivity contribution in [1.29, 1.82) is 0 Å². The normalized spacial score (nSPS) is 47.0. The molecule has 0 aromatic carbocycles. The second kappa shape index (κ2) is 2.73. The SMILES string of the molecule is CC(C)C1CC2CC(C)(CN2)C1. The molecule has 1 aliphatic heterocycles. The first kappa shape index (κ1) is 8.55. The summed E-state index contributed by atoms with van der Waals surface area (Å²) in [6, 6.07) is 0.844. The van der Waals surface area contributed by atoms with Crippen LogP contribution in [-0.2, 0) is 0 Å². The lowest BCUT2D eigenvalue weighted by Gasteiger charge is -2.36. The Hall–Kier alpha value is -0.0400. The molecule has 1 aliphatic carbocycles. The minimum absolute atomic E-state index is 0.637. The zero-order valence-corrected chi connectivity index (χ0v) is 8.56. The molecule has 1 N–H and O–H groups in total. The Balaban J connectivity index is 2.06. The quantitative estimate of drug-likeness (QED) is 0.632. The Bertz CT molecular complexity index is 176. The van der Waals surface area contributed by atoms with Crippen molar-refractivity contribution in [3.8, 4) is 0 Å². The number of nitrogens with one attached hydrogen (secondary N) is 1. The zero-order valence-electron chi connectivity index (χ0n) is 8.56. The summed E-state index contributed by atoms with van der Waals surface area (Å²) in [6.07, 6.45) is 4.30. The topological polar surface area (TPSA) is 12.0 Å². The summed E-state index contributed by atoms with van der Waals surface area (Å²) >= 11 is 0. The van der Waals surface area contributed by atoms with Gasteiger partial charge in [0.2, 0.25) is 0 Å². The smallest absolute Gasteiger partial charge is 0.00756 e. The molecule has 0 radical (unpaired) electrons. The van der Waals surface area contributed by atoms with E-state index in [4.69, 9.17) is 0 Å². The van der Waals surface area contributed by atoms with Gasteiger partial charge in [0.05, 0.1) is 0 Å². The molecule has 1 saturated carbocycles. The molecular formula is C11H21N. The molecule has 2 bridgehead atoms. The van der Waals surface area contributed by atoms with E-state index in [9.17, 15) is 0 Å². The van der Waals surface area contributed by atoms with Gasteiger partial charge >= 0.3 is 0 Å². The summed E-state index contributed by atoms with van der Waals surface area (Å²) in [5.41, 5.74) is 0.637. The number of hydrogen-bond donors (Lipinski definition) is 1. The highest BCUT2D eigenvalue weighted by Gasteiger charge is 2.42. The highest BCUT2D eigenvalue weighted by molar-refractivity contribution is 4.98. The second-order valence-electron chi connectivity index (χ2n) is 5.54. The van der Waals surface area contributed by atoms with Gasteiger partial charge in [0.15, 0.2) is 0 Å². The van der Waals surface area contributed by atoms with E-state index in [1.165, 1.54) is 25.8 Å². The molecule has 0 aromatic rings. The third kappa shape index (κ3) is 1.39. The van der Waals surface area contributed by atoms with Gasteiger partial charge in [0.1, 0.15) is 0 Å². The van der Waals surface area contributed by atoms with Gasteiger partial charge in [-0.2, -0.15) is 0 Å². The van der Waals surface area contributed by atoms with Crippen LogP contribution >= 0.6 is 0 Å². The molecule has 3 unspecified atom stereocenters. The highest BCUT2D eigenvalue weighted by atomic mass is 15.0. The Morgan fingerprint density at radius 2 is 2.08 bits per heavy atom. The number of hydrogen-bond acceptors (Lipinski definition) is 1. The fraction of sp³-hybridized carbons (Fsp3) is 1.00. The van der Waals surface area contributed by atoms with Crippen molar-refractivity contribution in [2.75, 3.05) is 6.54 Å². The fourth-order valence-electron chi connectivity index (χ4n) is 3.04. The predicted octanol–water partition coefficient (Wildman–Crippen LogP) is 2.42. The Morgan fingerprint density at radius 1 is 1.33 bits per heavy atom. The Kier molecular flexibility index (Phi) is 1.95. The van der Waals surface area contributed by atoms with Crippen molar-refractivity contribution in [2.24, 2.45) is 17.3 Å². The van der Waals surface area contributed by atoms with E-state index in [-0.39, 0.29) is 0 Å². The third-order valence-electron chi connectivity index (χ3n) is 3.84. The fourth-order valence-corrected chi connectivity index (χ4v) is 3.04. The molecule has 1 saturated heterocycles. The van der Waals surface area contributed by atoms with E-state index >= 15 is 0 Å². The predicted molar refractivity (Wildman–Crippen MR) is 52.1 cm³/mol. The van der Waals surface area contributed by atoms with E-state index in [1.807, 2.05) is 0 Å². The largest absolute Gasteiger partial charge is 0.313 e. The van der Waals surface area contributed by atoms with E-state index < -0.39 is 0 Å². The summed E-state index contributed by atoms with van der Waals surface area (Å²) in [5.74, 6) is 1.86. The van der Waals surface area contributed by atoms with E-state index in [1.54, 1.807) is 0 Å². The second-order valence-corrected chi connectivity index (χ2v) is 5.54. The van der Waals surface area contributed by atoms with Crippen LogP contribution in [0.25, 0.3) is 0 Å². The van der Waals surface area contributed by atoms with Crippen LogP contribution in [0, 0.1) is 17.3 Å². The highest BCUT2D eigenvalue weighted by Crippen LogP contribution is 2.45. The van der Waals surface area contributed by atoms with Crippen LogP contribution < -0.4 is 5.32 Å². The average Bonchev–Trinajstić information content (AvgIpc) is 2.25. The number of fused-ring (bicyclic) bond motifs is 2. The number of rotatable bonds is 1. The molecule has 12 heavy (non-hydrogen) atoms. The van der Waals surface area contributed by atoms with Crippen molar-refractivity contribution < 1.29 is 0 Å². The van der Waals surface area contributed by atoms with Crippen molar-refractivity contribution in [3.05, 3.63) is 0 Å². The van der Waals surface area contributed by atoms with Crippen LogP contribution in [0.5, 0.6) is 0 Å². The van der Waals surface area contributed by atoms with E-state index in [0.29, 0.717) is 5.41 Å². The lowest BCUT2D eigenvalue weighted by Crippen LogP contribution is -2.30. The van der Waals surface area contributed by atoms with Gasteiger partial charge in [-0.3, -0.25) is 0 Å². The molecule has 0 aromatic heterocycles. The van der Waals surface area contributed by atoms with Crippen LogP contribution in [0.4, 0.5) is 0 Å². The van der Waals surface area contributed by atoms with E-state index in [2.05, 4.69) is 26.1 Å². The molecule has 2 fully saturated rings. The molecule has 0 amide bonds. The maximum Gasteiger partial charge on any atom is 0.00756 e. The zero-order chi connectivity index (χ0) is 8.77. The molecule has 1 heterocycles. The van der Waals surface area contributed by atoms with Gasteiger partial charge in [0.25, 0.3) is 0 Å². The Labute approximate surface area is 75.9 Å². The van der Waals surface area contributed by atoms with Crippen LogP contribution in [0.15, 0.2) is 0 Å². The van der Waals surface area contributed by atoms with Crippen molar-refractivity contribution in [2.45, 2.75) is 46.1 Å². The molecule has 3 atom stereocenters. The van der Waals surface area contributed by atoms with Crippen LogP contribution in [0.3, 0.4) is 0 Å². The van der Waals surface area contributed by atoms with Crippen LogP contribution in [-0.4, -0.2) is 12.6 Å². The van der Waals surface area contributed by atoms with E-state index in [0.717, 1.165) is 17.9 Å². The first-order chi connectivity index (χ1) is 5.59. The molecule has 0 spiro atoms. The van der Waals surface area contributed by atoms with Gasteiger partial charge in [-0.05, 0) is 36.5 Å². The molecule has 2 aliphatic rings. The molecule has 1 nitrogen and oxygen atoms in total. The minimum atomic E-state index is 0.637. The van der Waals surface area contributed by atoms with Gasteiger partial charge < -0.3 is 5.32 Å². The molecule has 70 valence electrons. The summed E-state index contributed by atoms with van der Waals surface area (Å²) in [7, 11) is 0. The van der Waals surface area contributed by atoms with Gasteiger partial charge in [0, 0.05) is 12.6 Å². The monoisotopic (exact) mass is 167 g/mol. The summed E-state index contributed by atoms with van der Waals surface area (Å²) < 4.78 is 0. The van der Waals surface area contributed by atoms with Crippen LogP contribution in [0.1, 0.15) is 40.0 Å². The first-order valence-corrected chi connectivity index (χ1v) is 5.32. The lowest BCUT2D eigenvalue weighted by molar-refractivity contribution is 0.167. The Morgan fingerprint density at radius 3 is 2.67 bits per heavy atom.